The van der Waals surface area contributed by atoms with Crippen molar-refractivity contribution in [3.8, 4) is 11.4 Å². The minimum atomic E-state index is -1.12. The van der Waals surface area contributed by atoms with E-state index >= 15 is 0 Å². The first-order chi connectivity index (χ1) is 18.3. The summed E-state index contributed by atoms with van der Waals surface area (Å²) in [5.74, 6) is -1.56. The van der Waals surface area contributed by atoms with Gasteiger partial charge in [-0.25, -0.2) is 18.9 Å². The van der Waals surface area contributed by atoms with E-state index in [1.165, 1.54) is 17.8 Å². The number of halogens is 2. The van der Waals surface area contributed by atoms with Crippen molar-refractivity contribution in [3.63, 3.8) is 0 Å². The number of hydrogen-bond acceptors (Lipinski definition) is 8. The third-order valence-electron chi connectivity index (χ3n) is 6.14. The standard InChI is InChI=1S/C25H22F2N8O3/c1-13(17-9-15(26)11-30-22(17)27)38-25(37)32-23-21(33-34-35(23)2)20-4-3-16(12-29-20)31-24(36)19-10-18(19)14-5-7-28-8-6-14/h3-9,11-13,18-19H,10H2,1-2H3,(H,31,36)(H,32,37)/t13-,18+,19-/m1/s1. The van der Waals surface area contributed by atoms with E-state index in [1.54, 1.807) is 31.6 Å². The highest BCUT2D eigenvalue weighted by atomic mass is 19.1. The Bertz CT molecular complexity index is 1480. The van der Waals surface area contributed by atoms with E-state index in [2.05, 4.69) is 35.9 Å². The predicted molar refractivity (Wildman–Crippen MR) is 131 cm³/mol. The molecular formula is C25H22F2N8O3. The third kappa shape index (κ3) is 5.31. The van der Waals surface area contributed by atoms with Crippen LogP contribution in [0.2, 0.25) is 0 Å². The predicted octanol–water partition coefficient (Wildman–Crippen LogP) is 4.00. The number of carbonyl (C=O) groups excluding carboxylic acids is 2. The van der Waals surface area contributed by atoms with Crippen molar-refractivity contribution < 1.29 is 23.1 Å². The second-order valence-electron chi connectivity index (χ2n) is 8.77. The smallest absolute Gasteiger partial charge is 0.413 e. The molecule has 2 N–H and O–H groups in total. The topological polar surface area (TPSA) is 137 Å². The Labute approximate surface area is 215 Å². The van der Waals surface area contributed by atoms with Gasteiger partial charge in [0.25, 0.3) is 0 Å². The fourth-order valence-electron chi connectivity index (χ4n) is 4.05. The molecular weight excluding hydrogens is 498 g/mol. The Morgan fingerprint density at radius 1 is 1.11 bits per heavy atom. The first-order valence-corrected chi connectivity index (χ1v) is 11.7. The molecule has 4 aromatic heterocycles. The number of pyridine rings is 3. The molecule has 194 valence electrons. The number of nitrogens with one attached hydrogen (secondary N) is 2. The number of aromatic nitrogens is 6. The van der Waals surface area contributed by atoms with E-state index in [0.29, 0.717) is 11.4 Å². The second kappa shape index (κ2) is 10.3. The fraction of sp³-hybridized carbons (Fsp3) is 0.240. The summed E-state index contributed by atoms with van der Waals surface area (Å²) in [7, 11) is 1.55. The van der Waals surface area contributed by atoms with E-state index in [9.17, 15) is 18.4 Å². The van der Waals surface area contributed by atoms with Crippen LogP contribution < -0.4 is 10.6 Å². The monoisotopic (exact) mass is 520 g/mol. The largest absolute Gasteiger partial charge is 0.441 e. The average molecular weight is 521 g/mol. The highest BCUT2D eigenvalue weighted by Gasteiger charge is 2.43. The molecule has 0 bridgehead atoms. The van der Waals surface area contributed by atoms with Crippen LogP contribution in [0.15, 0.2) is 55.1 Å². The van der Waals surface area contributed by atoms with Gasteiger partial charge in [0.1, 0.15) is 11.9 Å². The van der Waals surface area contributed by atoms with Crippen molar-refractivity contribution in [2.24, 2.45) is 13.0 Å². The van der Waals surface area contributed by atoms with Gasteiger partial charge in [0.15, 0.2) is 11.5 Å². The summed E-state index contributed by atoms with van der Waals surface area (Å²) in [6.07, 6.45) is 4.35. The molecule has 4 aromatic rings. The van der Waals surface area contributed by atoms with Gasteiger partial charge in [-0.1, -0.05) is 5.21 Å². The lowest BCUT2D eigenvalue weighted by Gasteiger charge is -2.15. The molecule has 38 heavy (non-hydrogen) atoms. The van der Waals surface area contributed by atoms with Crippen LogP contribution in [0.1, 0.15) is 36.5 Å². The lowest BCUT2D eigenvalue weighted by atomic mass is 10.1. The van der Waals surface area contributed by atoms with Crippen molar-refractivity contribution in [3.05, 3.63) is 78.0 Å². The van der Waals surface area contributed by atoms with Crippen LogP contribution in [0, 0.1) is 17.7 Å². The molecule has 4 heterocycles. The number of amides is 2. The van der Waals surface area contributed by atoms with Gasteiger partial charge in [-0.05, 0) is 55.2 Å². The molecule has 0 spiro atoms. The number of ether oxygens (including phenoxy) is 1. The Hall–Kier alpha value is -4.81. The van der Waals surface area contributed by atoms with E-state index < -0.39 is 24.0 Å². The number of carbonyl (C=O) groups is 2. The van der Waals surface area contributed by atoms with Gasteiger partial charge in [0, 0.05) is 25.4 Å². The summed E-state index contributed by atoms with van der Waals surface area (Å²) in [5.41, 5.74) is 2.01. The van der Waals surface area contributed by atoms with E-state index in [0.717, 1.165) is 24.2 Å². The highest BCUT2D eigenvalue weighted by molar-refractivity contribution is 5.95. The number of hydrogen-bond donors (Lipinski definition) is 2. The van der Waals surface area contributed by atoms with Gasteiger partial charge in [0.05, 0.1) is 29.3 Å². The normalized spacial score (nSPS) is 16.9. The van der Waals surface area contributed by atoms with Crippen molar-refractivity contribution in [2.75, 3.05) is 10.6 Å². The highest BCUT2D eigenvalue weighted by Crippen LogP contribution is 2.47. The molecule has 11 nitrogen and oxygen atoms in total. The summed E-state index contributed by atoms with van der Waals surface area (Å²) in [6, 6.07) is 8.02. The van der Waals surface area contributed by atoms with Crippen LogP contribution in [0.25, 0.3) is 11.4 Å². The molecule has 1 aliphatic carbocycles. The molecule has 0 saturated heterocycles. The molecule has 13 heteroatoms. The van der Waals surface area contributed by atoms with Gasteiger partial charge in [0.2, 0.25) is 11.9 Å². The van der Waals surface area contributed by atoms with Gasteiger partial charge in [-0.3, -0.25) is 20.1 Å². The summed E-state index contributed by atoms with van der Waals surface area (Å²) in [6.45, 7) is 1.39. The van der Waals surface area contributed by atoms with Crippen molar-refractivity contribution in [1.82, 2.24) is 29.9 Å². The maximum absolute atomic E-state index is 13.9. The van der Waals surface area contributed by atoms with Crippen molar-refractivity contribution >= 4 is 23.5 Å². The van der Waals surface area contributed by atoms with Crippen molar-refractivity contribution in [2.45, 2.75) is 25.4 Å². The van der Waals surface area contributed by atoms with Crippen LogP contribution >= 0.6 is 0 Å². The van der Waals surface area contributed by atoms with Crippen LogP contribution in [0.3, 0.4) is 0 Å². The SMILES string of the molecule is C[C@@H](OC(=O)Nc1c(-c2ccc(NC(=O)[C@@H]3C[C@H]3c3ccncc3)cn2)nnn1C)c1cc(F)cnc1F. The molecule has 1 aliphatic rings. The zero-order valence-corrected chi connectivity index (χ0v) is 20.3. The zero-order chi connectivity index (χ0) is 26.8. The van der Waals surface area contributed by atoms with E-state index in [1.807, 2.05) is 12.1 Å². The van der Waals surface area contributed by atoms with Gasteiger partial charge in [-0.2, -0.15) is 4.39 Å². The molecule has 5 rings (SSSR count). The maximum atomic E-state index is 13.9. The minimum Gasteiger partial charge on any atom is -0.441 e. The Balaban J connectivity index is 1.22. The fourth-order valence-corrected chi connectivity index (χ4v) is 4.05. The Morgan fingerprint density at radius 3 is 2.63 bits per heavy atom. The lowest BCUT2D eigenvalue weighted by molar-refractivity contribution is -0.117. The Kier molecular flexibility index (Phi) is 6.73. The summed E-state index contributed by atoms with van der Waals surface area (Å²) < 4.78 is 33.8. The first kappa shape index (κ1) is 24.9. The molecule has 0 aromatic carbocycles. The number of nitrogens with zero attached hydrogens (tertiary/aromatic N) is 6. The van der Waals surface area contributed by atoms with E-state index in [-0.39, 0.29) is 34.8 Å². The molecule has 1 fully saturated rings. The van der Waals surface area contributed by atoms with Gasteiger partial charge in [-0.15, -0.1) is 5.10 Å². The van der Waals surface area contributed by atoms with E-state index in [4.69, 9.17) is 4.74 Å². The van der Waals surface area contributed by atoms with Crippen LogP contribution in [-0.2, 0) is 16.6 Å². The third-order valence-corrected chi connectivity index (χ3v) is 6.14. The number of aryl methyl sites for hydroxylation is 1. The first-order valence-electron chi connectivity index (χ1n) is 11.7. The molecule has 0 radical (unpaired) electrons. The summed E-state index contributed by atoms with van der Waals surface area (Å²) >= 11 is 0. The maximum Gasteiger partial charge on any atom is 0.413 e. The van der Waals surface area contributed by atoms with Crippen LogP contribution in [-0.4, -0.2) is 41.9 Å². The average Bonchev–Trinajstić information content (AvgIpc) is 3.64. The van der Waals surface area contributed by atoms with Crippen LogP contribution in [0.5, 0.6) is 0 Å². The summed E-state index contributed by atoms with van der Waals surface area (Å²) in [5, 5.41) is 13.3. The number of anilines is 2. The van der Waals surface area contributed by atoms with Gasteiger partial charge >= 0.3 is 6.09 Å². The molecule has 1 saturated carbocycles. The van der Waals surface area contributed by atoms with Crippen molar-refractivity contribution in [1.29, 1.82) is 0 Å². The summed E-state index contributed by atoms with van der Waals surface area (Å²) in [4.78, 5) is 36.8. The zero-order valence-electron chi connectivity index (χ0n) is 20.3. The lowest BCUT2D eigenvalue weighted by Crippen LogP contribution is -2.19. The molecule has 2 amide bonds. The second-order valence-corrected chi connectivity index (χ2v) is 8.77. The number of rotatable bonds is 7. The Morgan fingerprint density at radius 2 is 1.89 bits per heavy atom. The van der Waals surface area contributed by atoms with Crippen LogP contribution in [0.4, 0.5) is 25.1 Å². The molecule has 0 aliphatic heterocycles. The molecule has 0 unspecified atom stereocenters. The quantitative estimate of drug-likeness (QED) is 0.349. The molecule has 3 atom stereocenters. The minimum absolute atomic E-state index is 0.0926. The van der Waals surface area contributed by atoms with Gasteiger partial charge < -0.3 is 10.1 Å².